The number of unbranched alkanes of at least 4 members (excludes halogenated alkanes) is 1. The van der Waals surface area contributed by atoms with Gasteiger partial charge >= 0.3 is 5.97 Å². The van der Waals surface area contributed by atoms with Gasteiger partial charge in [0.25, 0.3) is 0 Å². The molecule has 1 aromatic heterocycles. The van der Waals surface area contributed by atoms with Crippen LogP contribution in [0.3, 0.4) is 0 Å². The Bertz CT molecular complexity index is 819. The first-order valence-corrected chi connectivity index (χ1v) is 10.0. The van der Waals surface area contributed by atoms with Gasteiger partial charge in [0, 0.05) is 17.8 Å². The number of fused-ring (bicyclic) bond motifs is 1. The van der Waals surface area contributed by atoms with E-state index in [9.17, 15) is 9.59 Å². The summed E-state index contributed by atoms with van der Waals surface area (Å²) in [6.45, 7) is 6.66. The molecule has 1 aromatic carbocycles. The predicted molar refractivity (Wildman–Crippen MR) is 106 cm³/mol. The zero-order valence-electron chi connectivity index (χ0n) is 16.5. The van der Waals surface area contributed by atoms with E-state index in [-0.39, 0.29) is 23.8 Å². The van der Waals surface area contributed by atoms with Crippen LogP contribution in [-0.2, 0) is 22.5 Å². The van der Waals surface area contributed by atoms with E-state index in [1.54, 1.807) is 0 Å². The molecule has 0 radical (unpaired) electrons. The number of hydrogen-bond acceptors (Lipinski definition) is 3. The van der Waals surface area contributed by atoms with Crippen LogP contribution in [0.25, 0.3) is 0 Å². The lowest BCUT2D eigenvalue weighted by molar-refractivity contribution is -0.149. The highest BCUT2D eigenvalue weighted by Crippen LogP contribution is 2.31. The minimum absolute atomic E-state index is 0.0254. The van der Waals surface area contributed by atoms with Crippen molar-refractivity contribution in [1.82, 2.24) is 4.57 Å². The van der Waals surface area contributed by atoms with Crippen molar-refractivity contribution in [2.45, 2.75) is 71.4 Å². The lowest BCUT2D eigenvalue weighted by Crippen LogP contribution is -2.27. The molecule has 2 aromatic rings. The highest BCUT2D eigenvalue weighted by molar-refractivity contribution is 6.08. The second-order valence-corrected chi connectivity index (χ2v) is 7.61. The Hall–Kier alpha value is -2.36. The largest absolute Gasteiger partial charge is 0.462 e. The minimum Gasteiger partial charge on any atom is -0.462 e. The van der Waals surface area contributed by atoms with Crippen molar-refractivity contribution in [2.75, 3.05) is 0 Å². The first-order chi connectivity index (χ1) is 13.0. The second kappa shape index (κ2) is 8.55. The second-order valence-electron chi connectivity index (χ2n) is 7.61. The van der Waals surface area contributed by atoms with Gasteiger partial charge in [0.2, 0.25) is 5.78 Å². The summed E-state index contributed by atoms with van der Waals surface area (Å²) in [6.07, 6.45) is 4.77. The normalized spacial score (nSPS) is 16.2. The summed E-state index contributed by atoms with van der Waals surface area (Å²) >= 11 is 0. The third-order valence-electron chi connectivity index (χ3n) is 5.12. The Kier molecular flexibility index (Phi) is 6.15. The fourth-order valence-corrected chi connectivity index (χ4v) is 3.79. The number of rotatable bonds is 7. The molecule has 0 spiro atoms. The SMILES string of the molecule is CCCCc1cccc(C(=O)c2ccc3n2CCCC3C(=O)OC(C)C)c1. The smallest absolute Gasteiger partial charge is 0.315 e. The van der Waals surface area contributed by atoms with Gasteiger partial charge < -0.3 is 9.30 Å². The van der Waals surface area contributed by atoms with Crippen LogP contribution in [0.1, 0.15) is 79.7 Å². The number of carbonyl (C=O) groups is 2. The summed E-state index contributed by atoms with van der Waals surface area (Å²) in [5.74, 6) is -0.444. The highest BCUT2D eigenvalue weighted by Gasteiger charge is 2.31. The molecule has 0 aliphatic carbocycles. The average Bonchev–Trinajstić information content (AvgIpc) is 3.09. The summed E-state index contributed by atoms with van der Waals surface area (Å²) in [5, 5.41) is 0. The van der Waals surface area contributed by atoms with Crippen LogP contribution in [-0.4, -0.2) is 22.4 Å². The number of esters is 1. The van der Waals surface area contributed by atoms with Gasteiger partial charge in [-0.2, -0.15) is 0 Å². The van der Waals surface area contributed by atoms with Crippen LogP contribution >= 0.6 is 0 Å². The van der Waals surface area contributed by atoms with E-state index in [1.807, 2.05) is 48.7 Å². The van der Waals surface area contributed by atoms with Crippen LogP contribution in [0.15, 0.2) is 36.4 Å². The first kappa shape index (κ1) is 19.4. The van der Waals surface area contributed by atoms with Gasteiger partial charge in [-0.15, -0.1) is 0 Å². The monoisotopic (exact) mass is 367 g/mol. The number of benzene rings is 1. The van der Waals surface area contributed by atoms with Crippen LogP contribution in [0, 0.1) is 0 Å². The van der Waals surface area contributed by atoms with Gasteiger partial charge in [0.15, 0.2) is 0 Å². The molecule has 3 rings (SSSR count). The molecule has 2 heterocycles. The number of ether oxygens (including phenoxy) is 1. The maximum absolute atomic E-state index is 13.1. The molecule has 4 heteroatoms. The lowest BCUT2D eigenvalue weighted by Gasteiger charge is -2.25. The Labute approximate surface area is 161 Å². The molecule has 27 heavy (non-hydrogen) atoms. The molecule has 0 saturated heterocycles. The van der Waals surface area contributed by atoms with E-state index in [0.717, 1.165) is 49.9 Å². The van der Waals surface area contributed by atoms with Gasteiger partial charge in [-0.3, -0.25) is 9.59 Å². The van der Waals surface area contributed by atoms with Gasteiger partial charge in [-0.05, 0) is 63.3 Å². The van der Waals surface area contributed by atoms with Crippen LogP contribution in [0.4, 0.5) is 0 Å². The molecule has 1 atom stereocenters. The third kappa shape index (κ3) is 4.32. The predicted octanol–water partition coefficient (Wildman–Crippen LogP) is 4.89. The van der Waals surface area contributed by atoms with E-state index in [4.69, 9.17) is 4.74 Å². The van der Waals surface area contributed by atoms with Crippen LogP contribution < -0.4 is 0 Å². The molecule has 1 unspecified atom stereocenters. The summed E-state index contributed by atoms with van der Waals surface area (Å²) in [6, 6.07) is 11.7. The average molecular weight is 367 g/mol. The molecule has 0 N–H and O–H groups in total. The highest BCUT2D eigenvalue weighted by atomic mass is 16.5. The fourth-order valence-electron chi connectivity index (χ4n) is 3.79. The minimum atomic E-state index is -0.279. The molecule has 1 aliphatic rings. The van der Waals surface area contributed by atoms with Crippen molar-refractivity contribution in [3.63, 3.8) is 0 Å². The topological polar surface area (TPSA) is 48.3 Å². The quantitative estimate of drug-likeness (QED) is 0.517. The van der Waals surface area contributed by atoms with Gasteiger partial charge in [0.05, 0.1) is 17.7 Å². The Morgan fingerprint density at radius 3 is 2.78 bits per heavy atom. The zero-order chi connectivity index (χ0) is 19.4. The molecule has 144 valence electrons. The van der Waals surface area contributed by atoms with Gasteiger partial charge in [-0.1, -0.05) is 31.5 Å². The van der Waals surface area contributed by atoms with E-state index >= 15 is 0 Å². The van der Waals surface area contributed by atoms with Crippen molar-refractivity contribution < 1.29 is 14.3 Å². The summed E-state index contributed by atoms with van der Waals surface area (Å²) in [7, 11) is 0. The molecule has 0 saturated carbocycles. The molecular formula is C23H29NO3. The number of aryl methyl sites for hydroxylation is 1. The van der Waals surface area contributed by atoms with E-state index in [1.165, 1.54) is 5.56 Å². The molecular weight excluding hydrogens is 338 g/mol. The zero-order valence-corrected chi connectivity index (χ0v) is 16.5. The summed E-state index contributed by atoms with van der Waals surface area (Å²) < 4.78 is 7.43. The molecule has 1 aliphatic heterocycles. The Morgan fingerprint density at radius 1 is 1.22 bits per heavy atom. The van der Waals surface area contributed by atoms with Crippen LogP contribution in [0.2, 0.25) is 0 Å². The van der Waals surface area contributed by atoms with Crippen molar-refractivity contribution in [3.8, 4) is 0 Å². The number of ketones is 1. The van der Waals surface area contributed by atoms with Gasteiger partial charge in [-0.25, -0.2) is 0 Å². The molecule has 0 amide bonds. The molecule has 0 fully saturated rings. The Balaban J connectivity index is 1.86. The third-order valence-corrected chi connectivity index (χ3v) is 5.12. The number of hydrogen-bond donors (Lipinski definition) is 0. The van der Waals surface area contributed by atoms with Crippen molar-refractivity contribution in [2.24, 2.45) is 0 Å². The van der Waals surface area contributed by atoms with Crippen molar-refractivity contribution in [1.29, 1.82) is 0 Å². The summed E-state index contributed by atoms with van der Waals surface area (Å²) in [5.41, 5.74) is 3.49. The van der Waals surface area contributed by atoms with E-state index in [0.29, 0.717) is 5.69 Å². The maximum atomic E-state index is 13.1. The molecule has 0 bridgehead atoms. The number of aromatic nitrogens is 1. The van der Waals surface area contributed by atoms with Crippen molar-refractivity contribution >= 4 is 11.8 Å². The lowest BCUT2D eigenvalue weighted by atomic mass is 9.96. The number of carbonyl (C=O) groups excluding carboxylic acids is 2. The van der Waals surface area contributed by atoms with Gasteiger partial charge in [0.1, 0.15) is 0 Å². The molecule has 4 nitrogen and oxygen atoms in total. The fraction of sp³-hybridized carbons (Fsp3) is 0.478. The van der Waals surface area contributed by atoms with E-state index in [2.05, 4.69) is 13.0 Å². The maximum Gasteiger partial charge on any atom is 0.315 e. The number of nitrogens with zero attached hydrogens (tertiary/aromatic N) is 1. The summed E-state index contributed by atoms with van der Waals surface area (Å²) in [4.78, 5) is 25.6. The van der Waals surface area contributed by atoms with Crippen molar-refractivity contribution in [3.05, 3.63) is 58.9 Å². The Morgan fingerprint density at radius 2 is 2.04 bits per heavy atom. The first-order valence-electron chi connectivity index (χ1n) is 10.0. The standard InChI is InChI=1S/C23H29NO3/c1-4-5-8-17-9-6-10-18(15-17)22(25)21-13-12-20-19(11-7-14-24(20)21)23(26)27-16(2)3/h6,9-10,12-13,15-16,19H,4-5,7-8,11,14H2,1-3H3. The van der Waals surface area contributed by atoms with E-state index < -0.39 is 0 Å². The van der Waals surface area contributed by atoms with Crippen LogP contribution in [0.5, 0.6) is 0 Å².